The topological polar surface area (TPSA) is 90.1 Å². The van der Waals surface area contributed by atoms with Crippen LogP contribution >= 0.6 is 0 Å². The van der Waals surface area contributed by atoms with Gasteiger partial charge in [-0.05, 0) is 25.5 Å². The van der Waals surface area contributed by atoms with Gasteiger partial charge in [-0.2, -0.15) is 5.10 Å². The van der Waals surface area contributed by atoms with Gasteiger partial charge in [-0.1, -0.05) is 35.9 Å². The van der Waals surface area contributed by atoms with E-state index in [2.05, 4.69) is 16.5 Å². The van der Waals surface area contributed by atoms with Gasteiger partial charge in [0.2, 0.25) is 0 Å². The second kappa shape index (κ2) is 7.18. The van der Waals surface area contributed by atoms with E-state index in [4.69, 9.17) is 0 Å². The lowest BCUT2D eigenvalue weighted by molar-refractivity contribution is -0.385. The average Bonchev–Trinajstić information content (AvgIpc) is 3.01. The summed E-state index contributed by atoms with van der Waals surface area (Å²) in [6.45, 7) is 4.09. The van der Waals surface area contributed by atoms with Crippen LogP contribution in [0, 0.1) is 24.0 Å². The Kier molecular flexibility index (Phi) is 4.79. The molecular weight excluding hydrogens is 332 g/mol. The number of nitro benzene ring substituents is 1. The van der Waals surface area contributed by atoms with Crippen molar-refractivity contribution in [2.75, 3.05) is 5.32 Å². The standard InChI is InChI=1S/C19H18N4O3/c1-13-5-3-6-15(11-13)12-22-18(9-10-20-22)21-19(24)16-7-4-8-17(14(16)2)23(25)26/h3-11H,12H2,1-2H3,(H,21,24). The van der Waals surface area contributed by atoms with Crippen LogP contribution < -0.4 is 5.32 Å². The summed E-state index contributed by atoms with van der Waals surface area (Å²) in [6.07, 6.45) is 1.60. The highest BCUT2D eigenvalue weighted by Gasteiger charge is 2.19. The molecule has 1 aromatic heterocycles. The van der Waals surface area contributed by atoms with Gasteiger partial charge in [0.15, 0.2) is 0 Å². The lowest BCUT2D eigenvalue weighted by atomic mass is 10.1. The fraction of sp³-hybridized carbons (Fsp3) is 0.158. The molecule has 3 rings (SSSR count). The Morgan fingerprint density at radius 1 is 1.19 bits per heavy atom. The van der Waals surface area contributed by atoms with Crippen molar-refractivity contribution in [3.63, 3.8) is 0 Å². The van der Waals surface area contributed by atoms with Crippen molar-refractivity contribution >= 4 is 17.4 Å². The Balaban J connectivity index is 1.82. The number of carbonyl (C=O) groups is 1. The number of hydrogen-bond acceptors (Lipinski definition) is 4. The molecule has 7 nitrogen and oxygen atoms in total. The zero-order valence-corrected chi connectivity index (χ0v) is 14.5. The van der Waals surface area contributed by atoms with Crippen LogP contribution in [0.15, 0.2) is 54.7 Å². The summed E-state index contributed by atoms with van der Waals surface area (Å²) >= 11 is 0. The molecule has 0 bridgehead atoms. The van der Waals surface area contributed by atoms with Crippen molar-refractivity contribution in [1.29, 1.82) is 0 Å². The first kappa shape index (κ1) is 17.3. The van der Waals surface area contributed by atoms with Gasteiger partial charge in [-0.25, -0.2) is 4.68 Å². The number of benzene rings is 2. The zero-order chi connectivity index (χ0) is 18.7. The maximum Gasteiger partial charge on any atom is 0.273 e. The first-order chi connectivity index (χ1) is 12.5. The first-order valence-electron chi connectivity index (χ1n) is 8.08. The maximum atomic E-state index is 12.6. The SMILES string of the molecule is Cc1cccc(Cn2nccc2NC(=O)c2cccc([N+](=O)[O-])c2C)c1. The van der Waals surface area contributed by atoms with E-state index < -0.39 is 10.8 Å². The summed E-state index contributed by atoms with van der Waals surface area (Å²) in [5.41, 5.74) is 2.73. The van der Waals surface area contributed by atoms with Gasteiger partial charge in [-0.15, -0.1) is 0 Å². The van der Waals surface area contributed by atoms with Gasteiger partial charge in [-0.3, -0.25) is 14.9 Å². The van der Waals surface area contributed by atoms with Gasteiger partial charge >= 0.3 is 0 Å². The van der Waals surface area contributed by atoms with E-state index in [1.165, 1.54) is 12.1 Å². The van der Waals surface area contributed by atoms with Gasteiger partial charge < -0.3 is 5.32 Å². The molecule has 26 heavy (non-hydrogen) atoms. The third kappa shape index (κ3) is 3.61. The summed E-state index contributed by atoms with van der Waals surface area (Å²) in [5, 5.41) is 18.1. The minimum atomic E-state index is -0.492. The van der Waals surface area contributed by atoms with E-state index in [0.717, 1.165) is 11.1 Å². The molecule has 2 aromatic carbocycles. The highest BCUT2D eigenvalue weighted by atomic mass is 16.6. The average molecular weight is 350 g/mol. The summed E-state index contributed by atoms with van der Waals surface area (Å²) < 4.78 is 1.68. The van der Waals surface area contributed by atoms with Crippen molar-refractivity contribution in [2.45, 2.75) is 20.4 Å². The van der Waals surface area contributed by atoms with Crippen LogP contribution in [0.4, 0.5) is 11.5 Å². The van der Waals surface area contributed by atoms with E-state index in [1.807, 2.05) is 25.1 Å². The molecule has 0 fully saturated rings. The molecule has 0 atom stereocenters. The smallest absolute Gasteiger partial charge is 0.273 e. The quantitative estimate of drug-likeness (QED) is 0.561. The van der Waals surface area contributed by atoms with Crippen LogP contribution in [0.1, 0.15) is 27.0 Å². The molecule has 0 aliphatic rings. The van der Waals surface area contributed by atoms with E-state index in [1.54, 1.807) is 29.9 Å². The summed E-state index contributed by atoms with van der Waals surface area (Å²) in [7, 11) is 0. The lowest BCUT2D eigenvalue weighted by Gasteiger charge is -2.11. The molecule has 7 heteroatoms. The van der Waals surface area contributed by atoms with Crippen molar-refractivity contribution in [2.24, 2.45) is 0 Å². The molecule has 1 heterocycles. The molecule has 1 N–H and O–H groups in total. The Morgan fingerprint density at radius 2 is 1.96 bits per heavy atom. The van der Waals surface area contributed by atoms with E-state index in [-0.39, 0.29) is 11.3 Å². The second-order valence-electron chi connectivity index (χ2n) is 6.02. The monoisotopic (exact) mass is 350 g/mol. The number of aryl methyl sites for hydroxylation is 1. The van der Waals surface area contributed by atoms with Crippen molar-refractivity contribution in [1.82, 2.24) is 9.78 Å². The number of rotatable bonds is 5. The van der Waals surface area contributed by atoms with Crippen molar-refractivity contribution in [3.05, 3.63) is 87.1 Å². The minimum Gasteiger partial charge on any atom is -0.307 e. The fourth-order valence-corrected chi connectivity index (χ4v) is 2.80. The van der Waals surface area contributed by atoms with Crippen LogP contribution in [-0.4, -0.2) is 20.6 Å². The number of amides is 1. The van der Waals surface area contributed by atoms with E-state index >= 15 is 0 Å². The first-order valence-corrected chi connectivity index (χ1v) is 8.08. The summed E-state index contributed by atoms with van der Waals surface area (Å²) in [5.74, 6) is 0.125. The molecule has 3 aromatic rings. The lowest BCUT2D eigenvalue weighted by Crippen LogP contribution is -2.17. The largest absolute Gasteiger partial charge is 0.307 e. The third-order valence-corrected chi connectivity index (χ3v) is 4.12. The highest BCUT2D eigenvalue weighted by Crippen LogP contribution is 2.22. The molecule has 0 radical (unpaired) electrons. The van der Waals surface area contributed by atoms with Crippen LogP contribution in [0.5, 0.6) is 0 Å². The molecule has 0 spiro atoms. The van der Waals surface area contributed by atoms with E-state index in [0.29, 0.717) is 17.9 Å². The van der Waals surface area contributed by atoms with Crippen LogP contribution in [0.25, 0.3) is 0 Å². The van der Waals surface area contributed by atoms with E-state index in [9.17, 15) is 14.9 Å². The number of aromatic nitrogens is 2. The number of carbonyl (C=O) groups excluding carboxylic acids is 1. The molecular formula is C19H18N4O3. The summed E-state index contributed by atoms with van der Waals surface area (Å²) in [6, 6.07) is 14.2. The zero-order valence-electron chi connectivity index (χ0n) is 14.5. The number of nitrogens with zero attached hydrogens (tertiary/aromatic N) is 3. The molecule has 0 saturated carbocycles. The highest BCUT2D eigenvalue weighted by molar-refractivity contribution is 6.05. The second-order valence-corrected chi connectivity index (χ2v) is 6.02. The third-order valence-electron chi connectivity index (χ3n) is 4.12. The Bertz CT molecular complexity index is 978. The number of nitro groups is 1. The molecule has 132 valence electrons. The maximum absolute atomic E-state index is 12.6. The molecule has 0 unspecified atom stereocenters. The Labute approximate surface area is 150 Å². The normalized spacial score (nSPS) is 10.5. The Morgan fingerprint density at radius 3 is 2.69 bits per heavy atom. The van der Waals surface area contributed by atoms with Crippen LogP contribution in [-0.2, 0) is 6.54 Å². The van der Waals surface area contributed by atoms with Crippen LogP contribution in [0.2, 0.25) is 0 Å². The predicted molar refractivity (Wildman–Crippen MR) is 98.3 cm³/mol. The minimum absolute atomic E-state index is 0.0779. The predicted octanol–water partition coefficient (Wildman–Crippen LogP) is 3.71. The number of anilines is 1. The Hall–Kier alpha value is -3.48. The van der Waals surface area contributed by atoms with Crippen LogP contribution in [0.3, 0.4) is 0 Å². The van der Waals surface area contributed by atoms with Crippen molar-refractivity contribution < 1.29 is 9.72 Å². The number of nitrogens with one attached hydrogen (secondary N) is 1. The molecule has 0 aliphatic carbocycles. The van der Waals surface area contributed by atoms with Gasteiger partial charge in [0.05, 0.1) is 17.7 Å². The number of hydrogen-bond donors (Lipinski definition) is 1. The molecule has 0 aliphatic heterocycles. The fourth-order valence-electron chi connectivity index (χ4n) is 2.80. The van der Waals surface area contributed by atoms with Crippen molar-refractivity contribution in [3.8, 4) is 0 Å². The molecule has 1 amide bonds. The van der Waals surface area contributed by atoms with Gasteiger partial charge in [0.25, 0.3) is 11.6 Å². The summed E-state index contributed by atoms with van der Waals surface area (Å²) in [4.78, 5) is 23.2. The van der Waals surface area contributed by atoms with Gasteiger partial charge in [0.1, 0.15) is 5.82 Å². The molecule has 0 saturated heterocycles. The van der Waals surface area contributed by atoms with Gasteiger partial charge in [0, 0.05) is 23.3 Å².